The summed E-state index contributed by atoms with van der Waals surface area (Å²) in [6, 6.07) is 1.63. The van der Waals surface area contributed by atoms with Crippen LogP contribution < -0.4 is 5.01 Å². The van der Waals surface area contributed by atoms with Crippen LogP contribution in [0.4, 0.5) is 19.0 Å². The number of hydrazone groups is 1. The first kappa shape index (κ1) is 16.7. The van der Waals surface area contributed by atoms with Gasteiger partial charge in [-0.1, -0.05) is 0 Å². The Hall–Kier alpha value is -3.17. The second kappa shape index (κ2) is 6.04. The molecule has 0 saturated carbocycles. The van der Waals surface area contributed by atoms with Crippen molar-refractivity contribution < 1.29 is 28.2 Å². The first-order chi connectivity index (χ1) is 11.8. The Labute approximate surface area is 139 Å². The maximum absolute atomic E-state index is 13.4. The van der Waals surface area contributed by atoms with Gasteiger partial charge in [0.15, 0.2) is 6.04 Å². The van der Waals surface area contributed by atoms with Gasteiger partial charge in [0.05, 0.1) is 17.5 Å². The number of hydrogen-bond donors (Lipinski definition) is 2. The number of carbonyl (C=O) groups is 1. The topological polar surface area (TPSA) is 98.9 Å². The van der Waals surface area contributed by atoms with Crippen molar-refractivity contribution in [2.45, 2.75) is 18.6 Å². The lowest BCUT2D eigenvalue weighted by Gasteiger charge is -2.24. The maximum atomic E-state index is 13.4. The van der Waals surface area contributed by atoms with Crippen molar-refractivity contribution in [2.75, 3.05) is 5.01 Å². The Bertz CT molecular complexity index is 837. The van der Waals surface area contributed by atoms with Crippen molar-refractivity contribution in [2.24, 2.45) is 5.10 Å². The zero-order valence-electron chi connectivity index (χ0n) is 12.5. The van der Waals surface area contributed by atoms with Crippen LogP contribution in [0.3, 0.4) is 0 Å². The van der Waals surface area contributed by atoms with Gasteiger partial charge in [-0.3, -0.25) is 4.98 Å². The number of carboxylic acid groups (broad SMARTS) is 1. The molecule has 1 atom stereocenters. The van der Waals surface area contributed by atoms with E-state index < -0.39 is 24.6 Å². The minimum Gasteiger partial charge on any atom is -0.506 e. The summed E-state index contributed by atoms with van der Waals surface area (Å²) in [5, 5.41) is 23.0. The summed E-state index contributed by atoms with van der Waals surface area (Å²) < 4.78 is 40.1. The van der Waals surface area contributed by atoms with E-state index in [0.29, 0.717) is 5.01 Å². The van der Waals surface area contributed by atoms with E-state index in [9.17, 15) is 23.1 Å². The average Bonchev–Trinajstić information content (AvgIpc) is 3.00. The lowest BCUT2D eigenvalue weighted by molar-refractivity contribution is -0.145. The number of rotatable bonds is 3. The fourth-order valence-electron chi connectivity index (χ4n) is 2.38. The van der Waals surface area contributed by atoms with Crippen molar-refractivity contribution in [3.63, 3.8) is 0 Å². The molecule has 0 spiro atoms. The highest BCUT2D eigenvalue weighted by Gasteiger charge is 2.48. The largest absolute Gasteiger partial charge is 0.506 e. The minimum absolute atomic E-state index is 0.0924. The highest BCUT2D eigenvalue weighted by Crippen LogP contribution is 2.35. The van der Waals surface area contributed by atoms with Crippen LogP contribution in [0.1, 0.15) is 22.3 Å². The molecule has 7 nitrogen and oxygen atoms in total. The number of hydrogen-bond acceptors (Lipinski definition) is 6. The summed E-state index contributed by atoms with van der Waals surface area (Å²) in [6.45, 7) is 0. The van der Waals surface area contributed by atoms with Crippen LogP contribution in [0.15, 0.2) is 41.9 Å². The van der Waals surface area contributed by atoms with Gasteiger partial charge in [-0.05, 0) is 18.2 Å². The Kier molecular flexibility index (Phi) is 4.03. The van der Waals surface area contributed by atoms with Gasteiger partial charge in [-0.25, -0.2) is 14.8 Å². The molecule has 1 aliphatic heterocycles. The third kappa shape index (κ3) is 3.37. The number of aromatic hydroxyl groups is 1. The number of halogens is 3. The lowest BCUT2D eigenvalue weighted by atomic mass is 10.1. The van der Waals surface area contributed by atoms with E-state index in [1.54, 1.807) is 0 Å². The first-order valence-corrected chi connectivity index (χ1v) is 7.03. The summed E-state index contributed by atoms with van der Waals surface area (Å²) in [5.41, 5.74) is 0.210. The van der Waals surface area contributed by atoms with E-state index in [1.165, 1.54) is 12.3 Å². The van der Waals surface area contributed by atoms with E-state index in [2.05, 4.69) is 15.1 Å². The zero-order chi connectivity index (χ0) is 18.2. The number of aromatic carboxylic acids is 1. The molecule has 0 aromatic carbocycles. The second-order valence-electron chi connectivity index (χ2n) is 5.29. The number of pyridine rings is 2. The molecule has 25 heavy (non-hydrogen) atoms. The van der Waals surface area contributed by atoms with Gasteiger partial charge in [-0.15, -0.1) is 0 Å². The lowest BCUT2D eigenvalue weighted by Crippen LogP contribution is -2.40. The van der Waals surface area contributed by atoms with Gasteiger partial charge in [0.2, 0.25) is 0 Å². The quantitative estimate of drug-likeness (QED) is 0.880. The minimum atomic E-state index is -4.58. The Balaban J connectivity index is 1.99. The molecular formula is C15H11F3N4O3. The van der Waals surface area contributed by atoms with E-state index in [4.69, 9.17) is 5.11 Å². The molecule has 1 aliphatic rings. The third-order valence-corrected chi connectivity index (χ3v) is 3.57. The molecule has 0 radical (unpaired) electrons. The smallest absolute Gasteiger partial charge is 0.411 e. The molecular weight excluding hydrogens is 341 g/mol. The molecule has 0 amide bonds. The Morgan fingerprint density at radius 1 is 1.24 bits per heavy atom. The van der Waals surface area contributed by atoms with Crippen LogP contribution >= 0.6 is 0 Å². The standard InChI is InChI=1S/C15H11F3N4O3/c16-15(17,18)12-4-11(9-3-10(23)7-19-5-9)21-22(12)13-2-1-8(6-20-13)14(24)25/h1-3,5-7,12,23H,4H2,(H,24,25). The number of aromatic nitrogens is 2. The number of anilines is 1. The van der Waals surface area contributed by atoms with Crippen LogP contribution in [0.25, 0.3) is 0 Å². The normalized spacial score (nSPS) is 17.5. The van der Waals surface area contributed by atoms with Crippen LogP contribution in [-0.2, 0) is 0 Å². The van der Waals surface area contributed by atoms with Gasteiger partial charge in [-0.2, -0.15) is 18.3 Å². The first-order valence-electron chi connectivity index (χ1n) is 7.03. The molecule has 10 heteroatoms. The molecule has 1 unspecified atom stereocenters. The van der Waals surface area contributed by atoms with Gasteiger partial charge in [0.25, 0.3) is 0 Å². The van der Waals surface area contributed by atoms with E-state index in [1.807, 2.05) is 0 Å². The summed E-state index contributed by atoms with van der Waals surface area (Å²) in [5.74, 6) is -1.55. The van der Waals surface area contributed by atoms with Gasteiger partial charge in [0.1, 0.15) is 11.6 Å². The predicted molar refractivity (Wildman–Crippen MR) is 80.6 cm³/mol. The van der Waals surface area contributed by atoms with Crippen molar-refractivity contribution in [1.82, 2.24) is 9.97 Å². The molecule has 0 bridgehead atoms. The molecule has 130 valence electrons. The van der Waals surface area contributed by atoms with Gasteiger partial charge >= 0.3 is 12.1 Å². The molecule has 0 aliphatic carbocycles. The Morgan fingerprint density at radius 3 is 2.56 bits per heavy atom. The van der Waals surface area contributed by atoms with Crippen molar-refractivity contribution in [3.8, 4) is 5.75 Å². The highest BCUT2D eigenvalue weighted by atomic mass is 19.4. The molecule has 2 aromatic rings. The zero-order valence-corrected chi connectivity index (χ0v) is 12.5. The van der Waals surface area contributed by atoms with Crippen molar-refractivity contribution in [3.05, 3.63) is 47.9 Å². The molecule has 3 heterocycles. The van der Waals surface area contributed by atoms with Crippen LogP contribution in [-0.4, -0.2) is 44.1 Å². The SMILES string of the molecule is O=C(O)c1ccc(N2N=C(c3cncc(O)c3)CC2C(F)(F)F)nc1. The highest BCUT2D eigenvalue weighted by molar-refractivity contribution is 6.03. The van der Waals surface area contributed by atoms with E-state index >= 15 is 0 Å². The fourth-order valence-corrected chi connectivity index (χ4v) is 2.38. The van der Waals surface area contributed by atoms with Gasteiger partial charge < -0.3 is 10.2 Å². The summed E-state index contributed by atoms with van der Waals surface area (Å²) in [6.07, 6.45) is -1.60. The monoisotopic (exact) mass is 352 g/mol. The maximum Gasteiger partial charge on any atom is 0.411 e. The molecule has 0 fully saturated rings. The van der Waals surface area contributed by atoms with Gasteiger partial charge in [0, 0.05) is 24.4 Å². The number of carboxylic acids is 1. The molecule has 0 saturated heterocycles. The van der Waals surface area contributed by atoms with Crippen molar-refractivity contribution in [1.29, 1.82) is 0 Å². The molecule has 2 aromatic heterocycles. The van der Waals surface area contributed by atoms with Crippen LogP contribution in [0.5, 0.6) is 5.75 Å². The number of nitrogens with zero attached hydrogens (tertiary/aromatic N) is 4. The molecule has 3 rings (SSSR count). The third-order valence-electron chi connectivity index (χ3n) is 3.57. The number of alkyl halides is 3. The van der Waals surface area contributed by atoms with Crippen LogP contribution in [0, 0.1) is 0 Å². The molecule has 2 N–H and O–H groups in total. The second-order valence-corrected chi connectivity index (χ2v) is 5.29. The van der Waals surface area contributed by atoms with Crippen LogP contribution in [0.2, 0.25) is 0 Å². The average molecular weight is 352 g/mol. The summed E-state index contributed by atoms with van der Waals surface area (Å²) in [4.78, 5) is 18.3. The van der Waals surface area contributed by atoms with E-state index in [-0.39, 0.29) is 28.4 Å². The van der Waals surface area contributed by atoms with Crippen molar-refractivity contribution >= 4 is 17.5 Å². The predicted octanol–water partition coefficient (Wildman–Crippen LogP) is 2.43. The van der Waals surface area contributed by atoms with E-state index in [0.717, 1.165) is 24.5 Å². The summed E-state index contributed by atoms with van der Waals surface area (Å²) >= 11 is 0. The summed E-state index contributed by atoms with van der Waals surface area (Å²) in [7, 11) is 0. The fraction of sp³-hybridized carbons (Fsp3) is 0.200. The Morgan fingerprint density at radius 2 is 2.00 bits per heavy atom.